The third-order valence-electron chi connectivity index (χ3n) is 9.36. The van der Waals surface area contributed by atoms with Crippen LogP contribution in [0.15, 0.2) is 23.0 Å². The van der Waals surface area contributed by atoms with Crippen molar-refractivity contribution < 1.29 is 24.1 Å². The van der Waals surface area contributed by atoms with Gasteiger partial charge in [0.15, 0.2) is 5.60 Å². The lowest BCUT2D eigenvalue weighted by molar-refractivity contribution is -0.136. The summed E-state index contributed by atoms with van der Waals surface area (Å²) in [7, 11) is 0. The lowest BCUT2D eigenvalue weighted by Gasteiger charge is -2.53. The van der Waals surface area contributed by atoms with Gasteiger partial charge in [0, 0.05) is 16.9 Å². The van der Waals surface area contributed by atoms with Crippen LogP contribution < -0.4 is 0 Å². The van der Waals surface area contributed by atoms with Crippen molar-refractivity contribution in [3.63, 3.8) is 0 Å². The number of carbonyl (C=O) groups excluding carboxylic acids is 1. The highest BCUT2D eigenvalue weighted by Gasteiger charge is 2.97. The molecule has 26 heavy (non-hydrogen) atoms. The second kappa shape index (κ2) is 3.66. The number of aliphatic hydroxyl groups excluding tert-OH is 1. The molecule has 7 rings (SSSR count). The molecule has 2 saturated heterocycles. The second-order valence-electron chi connectivity index (χ2n) is 10.1. The van der Waals surface area contributed by atoms with Gasteiger partial charge < -0.3 is 19.3 Å². The maximum atomic E-state index is 12.1. The molecule has 5 nitrogen and oxygen atoms in total. The summed E-state index contributed by atoms with van der Waals surface area (Å²) in [4.78, 5) is 12.1. The molecule has 5 heteroatoms. The van der Waals surface area contributed by atoms with E-state index in [1.807, 2.05) is 0 Å². The number of hydrogen-bond acceptors (Lipinski definition) is 5. The highest BCUT2D eigenvalue weighted by Crippen LogP contribution is 2.89. The number of rotatable bonds is 1. The van der Waals surface area contributed by atoms with E-state index in [-0.39, 0.29) is 34.7 Å². The molecule has 1 N–H and O–H groups in total. The average Bonchev–Trinajstić information content (AvgIpc) is 3.47. The molecule has 0 aromatic carbocycles. The SMILES string of the molecule is CC(C)[C@]12O[C@H]1[C@@H]1C[C@@]13[C@@]1(C)CCC4=C(COC4=O)[C@@H]1C=C1O[C@@]13[C@@H]2O. The largest absolute Gasteiger partial charge is 0.476 e. The lowest BCUT2D eigenvalue weighted by Crippen LogP contribution is -2.62. The van der Waals surface area contributed by atoms with E-state index >= 15 is 0 Å². The first-order valence-corrected chi connectivity index (χ1v) is 10.0. The van der Waals surface area contributed by atoms with Gasteiger partial charge in [0.2, 0.25) is 0 Å². The Morgan fingerprint density at radius 1 is 1.35 bits per heavy atom. The van der Waals surface area contributed by atoms with E-state index < -0.39 is 17.3 Å². The molecule has 2 spiro atoms. The zero-order valence-electron chi connectivity index (χ0n) is 15.4. The molecule has 138 valence electrons. The molecule has 0 aromatic heterocycles. The summed E-state index contributed by atoms with van der Waals surface area (Å²) >= 11 is 0. The molecule has 4 fully saturated rings. The number of allylic oxidation sites excluding steroid dienone is 1. The Morgan fingerprint density at radius 2 is 2.15 bits per heavy atom. The Morgan fingerprint density at radius 3 is 2.92 bits per heavy atom. The fraction of sp³-hybridized carbons (Fsp3) is 0.762. The van der Waals surface area contributed by atoms with Crippen LogP contribution in [0.5, 0.6) is 0 Å². The van der Waals surface area contributed by atoms with Gasteiger partial charge in [-0.1, -0.05) is 20.8 Å². The van der Waals surface area contributed by atoms with E-state index in [1.54, 1.807) is 0 Å². The number of ether oxygens (including phenoxy) is 3. The molecule has 0 radical (unpaired) electrons. The maximum absolute atomic E-state index is 12.1. The fourth-order valence-electron chi connectivity index (χ4n) is 7.96. The van der Waals surface area contributed by atoms with Crippen molar-refractivity contribution in [3.05, 3.63) is 23.0 Å². The van der Waals surface area contributed by atoms with E-state index in [9.17, 15) is 9.90 Å². The number of carbonyl (C=O) groups is 1. The topological polar surface area (TPSA) is 71.6 Å². The molecule has 2 saturated carbocycles. The van der Waals surface area contributed by atoms with Crippen molar-refractivity contribution in [3.8, 4) is 0 Å². The van der Waals surface area contributed by atoms with Crippen LogP contribution in [0, 0.1) is 28.6 Å². The number of fused-ring (bicyclic) bond motifs is 4. The number of esters is 1. The van der Waals surface area contributed by atoms with E-state index in [1.165, 1.54) is 0 Å². The zero-order chi connectivity index (χ0) is 17.9. The maximum Gasteiger partial charge on any atom is 0.334 e. The summed E-state index contributed by atoms with van der Waals surface area (Å²) in [6, 6.07) is 0. The monoisotopic (exact) mass is 356 g/mol. The standard InChI is InChI=1S/C21H24O5/c1-9(2)20-15(26-20)13-7-19(13)18(3)5-4-10-11(8-24-16(10)22)12(18)6-14-21(19,25-14)17(20)23/h6,9,12-13,15,17,23H,4-5,7-8H2,1-3H3/t12-,13-,15-,17+,18-,19-,20-,21+/m0/s1. The molecule has 0 bridgehead atoms. The lowest BCUT2D eigenvalue weighted by atomic mass is 9.47. The molecule has 7 aliphatic rings. The number of hydrogen-bond donors (Lipinski definition) is 1. The fourth-order valence-corrected chi connectivity index (χ4v) is 7.96. The number of epoxide rings is 2. The number of aliphatic hydroxyl groups is 1. The van der Waals surface area contributed by atoms with Crippen molar-refractivity contribution >= 4 is 5.97 Å². The second-order valence-corrected chi connectivity index (χ2v) is 10.1. The van der Waals surface area contributed by atoms with Gasteiger partial charge in [0.05, 0.1) is 6.10 Å². The molecule has 3 aliphatic heterocycles. The summed E-state index contributed by atoms with van der Waals surface area (Å²) in [6.45, 7) is 7.07. The summed E-state index contributed by atoms with van der Waals surface area (Å²) < 4.78 is 17.9. The van der Waals surface area contributed by atoms with Gasteiger partial charge >= 0.3 is 5.97 Å². The van der Waals surface area contributed by atoms with Crippen LogP contribution in [0.25, 0.3) is 0 Å². The quantitative estimate of drug-likeness (QED) is 0.575. The highest BCUT2D eigenvalue weighted by atomic mass is 16.7. The summed E-state index contributed by atoms with van der Waals surface area (Å²) in [5, 5.41) is 11.5. The molecular weight excluding hydrogens is 332 g/mol. The van der Waals surface area contributed by atoms with Gasteiger partial charge in [-0.05, 0) is 48.2 Å². The van der Waals surface area contributed by atoms with Crippen molar-refractivity contribution in [1.82, 2.24) is 0 Å². The van der Waals surface area contributed by atoms with Crippen LogP contribution in [-0.2, 0) is 19.0 Å². The molecule has 8 atom stereocenters. The van der Waals surface area contributed by atoms with Gasteiger partial charge in [-0.3, -0.25) is 0 Å². The minimum atomic E-state index is -0.598. The molecule has 0 amide bonds. The smallest absolute Gasteiger partial charge is 0.334 e. The van der Waals surface area contributed by atoms with Crippen molar-refractivity contribution in [2.75, 3.05) is 6.61 Å². The van der Waals surface area contributed by atoms with Crippen molar-refractivity contribution in [2.45, 2.75) is 63.4 Å². The first-order chi connectivity index (χ1) is 12.3. The first kappa shape index (κ1) is 14.7. The Balaban J connectivity index is 1.43. The van der Waals surface area contributed by atoms with Gasteiger partial charge in [-0.25, -0.2) is 4.79 Å². The molecular formula is C21H24O5. The normalized spacial score (nSPS) is 59.7. The van der Waals surface area contributed by atoms with Crippen LogP contribution in [-0.4, -0.2) is 41.1 Å². The molecule has 3 heterocycles. The first-order valence-electron chi connectivity index (χ1n) is 10.0. The number of cyclic esters (lactones) is 1. The van der Waals surface area contributed by atoms with Gasteiger partial charge in [-0.15, -0.1) is 0 Å². The predicted octanol–water partition coefficient (Wildman–Crippen LogP) is 2.10. The minimum absolute atomic E-state index is 0.0133. The van der Waals surface area contributed by atoms with Crippen LogP contribution in [0.3, 0.4) is 0 Å². The average molecular weight is 356 g/mol. The van der Waals surface area contributed by atoms with Crippen LogP contribution in [0.4, 0.5) is 0 Å². The highest BCUT2D eigenvalue weighted by molar-refractivity contribution is 5.92. The van der Waals surface area contributed by atoms with Crippen LogP contribution in [0.1, 0.15) is 40.0 Å². The van der Waals surface area contributed by atoms with E-state index in [0.717, 1.165) is 36.2 Å². The third-order valence-corrected chi connectivity index (χ3v) is 9.36. The predicted molar refractivity (Wildman–Crippen MR) is 89.7 cm³/mol. The Kier molecular flexibility index (Phi) is 2.07. The minimum Gasteiger partial charge on any atom is -0.476 e. The third kappa shape index (κ3) is 1.09. The van der Waals surface area contributed by atoms with Gasteiger partial charge in [0.1, 0.15) is 24.1 Å². The molecule has 4 aliphatic carbocycles. The van der Waals surface area contributed by atoms with Crippen molar-refractivity contribution in [2.24, 2.45) is 28.6 Å². The van der Waals surface area contributed by atoms with Gasteiger partial charge in [0.25, 0.3) is 0 Å². The van der Waals surface area contributed by atoms with E-state index in [4.69, 9.17) is 14.2 Å². The van der Waals surface area contributed by atoms with E-state index in [2.05, 4.69) is 26.8 Å². The zero-order valence-corrected chi connectivity index (χ0v) is 15.4. The molecule has 0 aromatic rings. The van der Waals surface area contributed by atoms with Crippen LogP contribution >= 0.6 is 0 Å². The Hall–Kier alpha value is -1.33. The summed E-state index contributed by atoms with van der Waals surface area (Å²) in [5.74, 6) is 1.72. The van der Waals surface area contributed by atoms with Crippen molar-refractivity contribution in [1.29, 1.82) is 0 Å². The Labute approximate surface area is 152 Å². The van der Waals surface area contributed by atoms with Crippen LogP contribution in [0.2, 0.25) is 0 Å². The summed E-state index contributed by atoms with van der Waals surface area (Å²) in [5.41, 5.74) is 0.990. The van der Waals surface area contributed by atoms with Gasteiger partial charge in [-0.2, -0.15) is 0 Å². The molecule has 0 unspecified atom stereocenters. The Bertz CT molecular complexity index is 872. The summed E-state index contributed by atoms with van der Waals surface area (Å²) in [6.07, 6.45) is 4.56. The van der Waals surface area contributed by atoms with E-state index in [0.29, 0.717) is 12.5 Å².